The molecule has 0 unspecified atom stereocenters. The van der Waals surface area contributed by atoms with Gasteiger partial charge in [-0.25, -0.2) is 9.59 Å². The van der Waals surface area contributed by atoms with Crippen molar-refractivity contribution in [2.24, 2.45) is 0 Å². The highest BCUT2D eigenvalue weighted by molar-refractivity contribution is 5.81. The van der Waals surface area contributed by atoms with Gasteiger partial charge in [0.25, 0.3) is 0 Å². The van der Waals surface area contributed by atoms with Gasteiger partial charge in [0.2, 0.25) is 0 Å². The van der Waals surface area contributed by atoms with Crippen LogP contribution in [0.5, 0.6) is 0 Å². The smallest absolute Gasteiger partial charge is 0.408 e. The van der Waals surface area contributed by atoms with E-state index in [1.165, 1.54) is 0 Å². The van der Waals surface area contributed by atoms with Crippen molar-refractivity contribution in [3.05, 3.63) is 35.4 Å². The van der Waals surface area contributed by atoms with Gasteiger partial charge < -0.3 is 14.8 Å². The number of terminal acetylenes is 1. The number of carbonyl (C=O) groups excluding carboxylic acids is 2. The zero-order valence-corrected chi connectivity index (χ0v) is 15.8. The number of hydrogen-bond acceptors (Lipinski definition) is 4. The third kappa shape index (κ3) is 7.75. The van der Waals surface area contributed by atoms with Gasteiger partial charge in [0, 0.05) is 12.0 Å². The van der Waals surface area contributed by atoms with Gasteiger partial charge in [0.15, 0.2) is 0 Å². The summed E-state index contributed by atoms with van der Waals surface area (Å²) in [5.74, 6) is 2.04. The lowest BCUT2D eigenvalue weighted by Gasteiger charge is -2.28. The summed E-state index contributed by atoms with van der Waals surface area (Å²) in [6, 6.07) is 6.71. The molecule has 0 bridgehead atoms. The Kier molecular flexibility index (Phi) is 6.63. The van der Waals surface area contributed by atoms with Crippen LogP contribution in [0.3, 0.4) is 0 Å². The van der Waals surface area contributed by atoms with Crippen molar-refractivity contribution < 1.29 is 19.1 Å². The molecule has 1 aromatic rings. The highest BCUT2D eigenvalue weighted by Crippen LogP contribution is 2.18. The van der Waals surface area contributed by atoms with Gasteiger partial charge in [-0.2, -0.15) is 0 Å². The molecular weight excluding hydrogens is 318 g/mol. The Morgan fingerprint density at radius 1 is 1.12 bits per heavy atom. The minimum atomic E-state index is -0.807. The van der Waals surface area contributed by atoms with Crippen molar-refractivity contribution in [1.29, 1.82) is 0 Å². The van der Waals surface area contributed by atoms with Crippen LogP contribution in [-0.4, -0.2) is 29.3 Å². The highest BCUT2D eigenvalue weighted by atomic mass is 16.6. The van der Waals surface area contributed by atoms with E-state index in [2.05, 4.69) is 11.2 Å². The highest BCUT2D eigenvalue weighted by Gasteiger charge is 2.28. The third-order valence-electron chi connectivity index (χ3n) is 3.21. The molecule has 0 saturated heterocycles. The SMILES string of the molecule is C#Cc1ccc(CC(C)(C)OC(=O)[C@H](C)NC(=O)OC(C)(C)C)cc1. The van der Waals surface area contributed by atoms with Crippen LogP contribution in [0.15, 0.2) is 24.3 Å². The van der Waals surface area contributed by atoms with E-state index in [4.69, 9.17) is 15.9 Å². The van der Waals surface area contributed by atoms with Crippen molar-refractivity contribution in [2.45, 2.75) is 65.2 Å². The first-order valence-electron chi connectivity index (χ1n) is 8.20. The average molecular weight is 345 g/mol. The summed E-state index contributed by atoms with van der Waals surface area (Å²) in [6.07, 6.45) is 5.22. The summed E-state index contributed by atoms with van der Waals surface area (Å²) >= 11 is 0. The number of benzene rings is 1. The molecule has 0 aliphatic carbocycles. The Labute approximate surface area is 150 Å². The maximum absolute atomic E-state index is 12.2. The molecule has 0 aliphatic rings. The van der Waals surface area contributed by atoms with Crippen LogP contribution < -0.4 is 5.32 Å². The standard InChI is InChI=1S/C20H27NO4/c1-8-15-9-11-16(12-10-15)13-20(6,7)24-17(22)14(2)21-18(23)25-19(3,4)5/h1,9-12,14H,13H2,2-7H3,(H,21,23)/t14-/m0/s1. The van der Waals surface area contributed by atoms with Crippen LogP contribution in [0.25, 0.3) is 0 Å². The van der Waals surface area contributed by atoms with E-state index in [0.717, 1.165) is 11.1 Å². The van der Waals surface area contributed by atoms with Gasteiger partial charge >= 0.3 is 12.1 Å². The van der Waals surface area contributed by atoms with Gasteiger partial charge in [0.05, 0.1) is 0 Å². The number of esters is 1. The Balaban J connectivity index is 2.60. The maximum atomic E-state index is 12.2. The predicted molar refractivity (Wildman–Crippen MR) is 97.1 cm³/mol. The molecule has 0 heterocycles. The molecule has 0 spiro atoms. The fourth-order valence-corrected chi connectivity index (χ4v) is 2.15. The van der Waals surface area contributed by atoms with Crippen LogP contribution in [-0.2, 0) is 20.7 Å². The van der Waals surface area contributed by atoms with Gasteiger partial charge in [-0.05, 0) is 59.2 Å². The molecule has 0 aliphatic heterocycles. The lowest BCUT2D eigenvalue weighted by molar-refractivity contribution is -0.158. The lowest BCUT2D eigenvalue weighted by Crippen LogP contribution is -2.45. The van der Waals surface area contributed by atoms with E-state index in [0.29, 0.717) is 6.42 Å². The van der Waals surface area contributed by atoms with Crippen molar-refractivity contribution >= 4 is 12.1 Å². The molecule has 1 atom stereocenters. The second-order valence-corrected chi connectivity index (χ2v) is 7.57. The molecule has 0 fully saturated rings. The average Bonchev–Trinajstić information content (AvgIpc) is 2.44. The van der Waals surface area contributed by atoms with E-state index in [-0.39, 0.29) is 0 Å². The van der Waals surface area contributed by atoms with Gasteiger partial charge in [-0.15, -0.1) is 6.42 Å². The first-order chi connectivity index (χ1) is 11.4. The lowest BCUT2D eigenvalue weighted by atomic mass is 9.97. The van der Waals surface area contributed by atoms with Gasteiger partial charge in [-0.3, -0.25) is 0 Å². The number of rotatable bonds is 5. The molecule has 25 heavy (non-hydrogen) atoms. The van der Waals surface area contributed by atoms with Crippen LogP contribution in [0.2, 0.25) is 0 Å². The second kappa shape index (κ2) is 8.06. The summed E-state index contributed by atoms with van der Waals surface area (Å²) in [6.45, 7) is 10.5. The number of alkyl carbamates (subject to hydrolysis) is 1. The topological polar surface area (TPSA) is 64.6 Å². The summed E-state index contributed by atoms with van der Waals surface area (Å²) in [5.41, 5.74) is 0.453. The number of carbonyl (C=O) groups is 2. The zero-order chi connectivity index (χ0) is 19.3. The van der Waals surface area contributed by atoms with Crippen LogP contribution in [0.1, 0.15) is 52.7 Å². The molecule has 136 valence electrons. The van der Waals surface area contributed by atoms with Crippen LogP contribution in [0, 0.1) is 12.3 Å². The summed E-state index contributed by atoms with van der Waals surface area (Å²) < 4.78 is 10.7. The molecule has 1 amide bonds. The van der Waals surface area contributed by atoms with Crippen molar-refractivity contribution in [3.63, 3.8) is 0 Å². The first kappa shape index (κ1) is 20.6. The molecule has 5 heteroatoms. The third-order valence-corrected chi connectivity index (χ3v) is 3.21. The minimum absolute atomic E-state index is 0.517. The molecule has 1 rings (SSSR count). The van der Waals surface area contributed by atoms with Crippen molar-refractivity contribution in [1.82, 2.24) is 5.32 Å². The fraction of sp³-hybridized carbons (Fsp3) is 0.500. The van der Waals surface area contributed by atoms with E-state index >= 15 is 0 Å². The quantitative estimate of drug-likeness (QED) is 0.656. The first-order valence-corrected chi connectivity index (χ1v) is 8.20. The number of ether oxygens (including phenoxy) is 2. The Morgan fingerprint density at radius 3 is 2.16 bits per heavy atom. The largest absolute Gasteiger partial charge is 0.458 e. The van der Waals surface area contributed by atoms with E-state index in [9.17, 15) is 9.59 Å². The monoisotopic (exact) mass is 345 g/mol. The summed E-state index contributed by atoms with van der Waals surface area (Å²) in [7, 11) is 0. The molecule has 5 nitrogen and oxygen atoms in total. The molecule has 0 aromatic heterocycles. The number of amides is 1. The van der Waals surface area contributed by atoms with E-state index < -0.39 is 29.3 Å². The van der Waals surface area contributed by atoms with E-state index in [1.807, 2.05) is 38.1 Å². The molecule has 0 saturated carbocycles. The molecule has 0 radical (unpaired) electrons. The van der Waals surface area contributed by atoms with Crippen molar-refractivity contribution in [2.75, 3.05) is 0 Å². The normalized spacial score (nSPS) is 12.7. The van der Waals surface area contributed by atoms with Crippen LogP contribution in [0.4, 0.5) is 4.79 Å². The second-order valence-electron chi connectivity index (χ2n) is 7.57. The Bertz CT molecular complexity index is 648. The minimum Gasteiger partial charge on any atom is -0.458 e. The Hall–Kier alpha value is -2.48. The van der Waals surface area contributed by atoms with Gasteiger partial charge in [0.1, 0.15) is 17.2 Å². The van der Waals surface area contributed by atoms with E-state index in [1.54, 1.807) is 27.7 Å². The summed E-state index contributed by atoms with van der Waals surface area (Å²) in [4.78, 5) is 24.0. The maximum Gasteiger partial charge on any atom is 0.408 e. The summed E-state index contributed by atoms with van der Waals surface area (Å²) in [5, 5.41) is 2.48. The Morgan fingerprint density at radius 2 is 1.68 bits per heavy atom. The number of hydrogen-bond donors (Lipinski definition) is 1. The van der Waals surface area contributed by atoms with Crippen LogP contribution >= 0.6 is 0 Å². The van der Waals surface area contributed by atoms with Gasteiger partial charge in [-0.1, -0.05) is 18.1 Å². The zero-order valence-electron chi connectivity index (χ0n) is 15.8. The molecular formula is C20H27NO4. The predicted octanol–water partition coefficient (Wildman–Crippen LogP) is 3.45. The molecule has 1 aromatic carbocycles. The molecule has 1 N–H and O–H groups in total. The number of nitrogens with one attached hydrogen (secondary N) is 1. The van der Waals surface area contributed by atoms with Crippen molar-refractivity contribution in [3.8, 4) is 12.3 Å². The fourth-order valence-electron chi connectivity index (χ4n) is 2.15.